The molecule has 0 amide bonds. The fourth-order valence-corrected chi connectivity index (χ4v) is 3.73. The molecule has 5 nitrogen and oxygen atoms in total. The van der Waals surface area contributed by atoms with Gasteiger partial charge >= 0.3 is 0 Å². The third kappa shape index (κ3) is 2.59. The van der Waals surface area contributed by atoms with Gasteiger partial charge in [-0.1, -0.05) is 29.8 Å². The lowest BCUT2D eigenvalue weighted by Gasteiger charge is -2.25. The van der Waals surface area contributed by atoms with Crippen LogP contribution in [0.5, 0.6) is 0 Å². The molecule has 0 aliphatic heterocycles. The molecule has 108 valence electrons. The third-order valence-electron chi connectivity index (χ3n) is 3.34. The van der Waals surface area contributed by atoms with E-state index in [0.29, 0.717) is 10.7 Å². The van der Waals surface area contributed by atoms with Gasteiger partial charge in [0.2, 0.25) is 10.0 Å². The molecule has 0 saturated carbocycles. The first-order valence-electron chi connectivity index (χ1n) is 6.08. The lowest BCUT2D eigenvalue weighted by Crippen LogP contribution is -2.30. The summed E-state index contributed by atoms with van der Waals surface area (Å²) in [6, 6.07) is 6.84. The van der Waals surface area contributed by atoms with E-state index < -0.39 is 10.0 Å². The predicted molar refractivity (Wildman–Crippen MR) is 78.1 cm³/mol. The molecule has 0 bridgehead atoms. The van der Waals surface area contributed by atoms with Crippen LogP contribution in [0, 0.1) is 6.92 Å². The zero-order chi connectivity index (χ0) is 14.9. The number of halogens is 1. The van der Waals surface area contributed by atoms with E-state index in [0.717, 1.165) is 5.56 Å². The summed E-state index contributed by atoms with van der Waals surface area (Å²) in [4.78, 5) is 0.180. The Bertz CT molecular complexity index is 712. The monoisotopic (exact) mass is 313 g/mol. The smallest absolute Gasteiger partial charge is 0.246 e. The summed E-state index contributed by atoms with van der Waals surface area (Å²) in [6.45, 7) is 3.47. The van der Waals surface area contributed by atoms with Gasteiger partial charge in [-0.25, -0.2) is 8.42 Å². The molecule has 2 aromatic rings. The van der Waals surface area contributed by atoms with Crippen molar-refractivity contribution in [1.82, 2.24) is 14.5 Å². The Kier molecular flexibility index (Phi) is 4.17. The van der Waals surface area contributed by atoms with E-state index in [9.17, 15) is 8.42 Å². The largest absolute Gasteiger partial charge is 0.281 e. The summed E-state index contributed by atoms with van der Waals surface area (Å²) in [5.41, 5.74) is 1.28. The molecule has 0 radical (unpaired) electrons. The molecule has 0 fully saturated rings. The SMILES string of the molecule is Cc1[nH]ncc1S(=O)(=O)N(C)C(C)c1ccccc1Cl. The van der Waals surface area contributed by atoms with E-state index in [1.807, 2.05) is 18.2 Å². The minimum Gasteiger partial charge on any atom is -0.281 e. The second-order valence-corrected chi connectivity index (χ2v) is 6.95. The Hall–Kier alpha value is -1.37. The van der Waals surface area contributed by atoms with Crippen LogP contribution in [0.25, 0.3) is 0 Å². The van der Waals surface area contributed by atoms with Crippen molar-refractivity contribution in [3.05, 3.63) is 46.7 Å². The Labute approximate surface area is 123 Å². The quantitative estimate of drug-likeness (QED) is 0.944. The van der Waals surface area contributed by atoms with Crippen LogP contribution in [0.1, 0.15) is 24.2 Å². The molecule has 0 spiro atoms. The summed E-state index contributed by atoms with van der Waals surface area (Å²) in [7, 11) is -2.07. The van der Waals surface area contributed by atoms with Crippen LogP contribution in [0.3, 0.4) is 0 Å². The number of benzene rings is 1. The van der Waals surface area contributed by atoms with Gasteiger partial charge in [0, 0.05) is 18.1 Å². The maximum Gasteiger partial charge on any atom is 0.246 e. The number of hydrogen-bond acceptors (Lipinski definition) is 3. The summed E-state index contributed by atoms with van der Waals surface area (Å²) >= 11 is 6.13. The van der Waals surface area contributed by atoms with Gasteiger partial charge in [-0.15, -0.1) is 0 Å². The average Bonchev–Trinajstić information content (AvgIpc) is 2.84. The molecule has 1 atom stereocenters. The fraction of sp³-hybridized carbons (Fsp3) is 0.308. The number of nitrogens with one attached hydrogen (secondary N) is 1. The molecule has 1 heterocycles. The molecule has 2 rings (SSSR count). The van der Waals surface area contributed by atoms with Gasteiger partial charge in [-0.05, 0) is 25.5 Å². The van der Waals surface area contributed by atoms with Crippen molar-refractivity contribution in [3.63, 3.8) is 0 Å². The molecule has 1 aromatic heterocycles. The standard InChI is InChI=1S/C13H16ClN3O2S/c1-9-13(8-15-16-9)20(18,19)17(3)10(2)11-6-4-5-7-12(11)14/h4-8,10H,1-3H3,(H,15,16). The van der Waals surface area contributed by atoms with Crippen molar-refractivity contribution >= 4 is 21.6 Å². The van der Waals surface area contributed by atoms with Crippen LogP contribution in [-0.4, -0.2) is 30.0 Å². The van der Waals surface area contributed by atoms with Crippen molar-refractivity contribution in [2.24, 2.45) is 0 Å². The van der Waals surface area contributed by atoms with E-state index in [4.69, 9.17) is 11.6 Å². The molecule has 1 N–H and O–H groups in total. The van der Waals surface area contributed by atoms with Gasteiger partial charge in [0.25, 0.3) is 0 Å². The molecule has 1 aromatic carbocycles. The van der Waals surface area contributed by atoms with Crippen LogP contribution in [0.15, 0.2) is 35.4 Å². The molecule has 7 heteroatoms. The summed E-state index contributed by atoms with van der Waals surface area (Å²) in [5.74, 6) is 0. The molecular weight excluding hydrogens is 298 g/mol. The third-order valence-corrected chi connectivity index (χ3v) is 5.73. The molecule has 0 saturated heterocycles. The van der Waals surface area contributed by atoms with Crippen LogP contribution >= 0.6 is 11.6 Å². The minimum absolute atomic E-state index is 0.180. The zero-order valence-corrected chi connectivity index (χ0v) is 13.0. The molecular formula is C13H16ClN3O2S. The van der Waals surface area contributed by atoms with Crippen molar-refractivity contribution in [1.29, 1.82) is 0 Å². The highest BCUT2D eigenvalue weighted by Crippen LogP contribution is 2.30. The second kappa shape index (κ2) is 5.55. The first-order valence-corrected chi connectivity index (χ1v) is 7.90. The number of sulfonamides is 1. The van der Waals surface area contributed by atoms with Gasteiger partial charge in [0.05, 0.1) is 11.9 Å². The van der Waals surface area contributed by atoms with Gasteiger partial charge in [-0.2, -0.15) is 9.40 Å². The van der Waals surface area contributed by atoms with E-state index >= 15 is 0 Å². The Morgan fingerprint density at radius 2 is 2.00 bits per heavy atom. The Morgan fingerprint density at radius 1 is 1.35 bits per heavy atom. The van der Waals surface area contributed by atoms with Crippen LogP contribution in [0.4, 0.5) is 0 Å². The summed E-state index contributed by atoms with van der Waals surface area (Å²) in [5, 5.41) is 6.95. The number of aromatic amines is 1. The highest BCUT2D eigenvalue weighted by atomic mass is 35.5. The van der Waals surface area contributed by atoms with Gasteiger partial charge < -0.3 is 0 Å². The Morgan fingerprint density at radius 3 is 2.55 bits per heavy atom. The number of aryl methyl sites for hydroxylation is 1. The minimum atomic E-state index is -3.61. The number of H-pyrrole nitrogens is 1. The predicted octanol–water partition coefficient (Wildman–Crippen LogP) is 2.75. The zero-order valence-electron chi connectivity index (χ0n) is 11.5. The van der Waals surface area contributed by atoms with E-state index in [1.54, 1.807) is 19.9 Å². The van der Waals surface area contributed by atoms with Crippen molar-refractivity contribution in [2.45, 2.75) is 24.8 Å². The van der Waals surface area contributed by atoms with Crippen molar-refractivity contribution in [2.75, 3.05) is 7.05 Å². The molecule has 0 aliphatic rings. The van der Waals surface area contributed by atoms with Crippen molar-refractivity contribution in [3.8, 4) is 0 Å². The lowest BCUT2D eigenvalue weighted by molar-refractivity contribution is 0.398. The summed E-state index contributed by atoms with van der Waals surface area (Å²) in [6.07, 6.45) is 1.32. The van der Waals surface area contributed by atoms with E-state index in [1.165, 1.54) is 17.5 Å². The average molecular weight is 314 g/mol. The second-order valence-electron chi connectivity index (χ2n) is 4.58. The normalized spacial score (nSPS) is 13.7. The maximum absolute atomic E-state index is 12.6. The summed E-state index contributed by atoms with van der Waals surface area (Å²) < 4.78 is 26.4. The number of nitrogens with zero attached hydrogens (tertiary/aromatic N) is 2. The number of aromatic nitrogens is 2. The molecule has 1 unspecified atom stereocenters. The highest BCUT2D eigenvalue weighted by Gasteiger charge is 2.29. The van der Waals surface area contributed by atoms with Crippen LogP contribution < -0.4 is 0 Å². The first kappa shape index (κ1) is 15.0. The van der Waals surface area contributed by atoms with Crippen LogP contribution in [0.2, 0.25) is 5.02 Å². The van der Waals surface area contributed by atoms with E-state index in [-0.39, 0.29) is 10.9 Å². The number of rotatable bonds is 4. The van der Waals surface area contributed by atoms with Gasteiger partial charge in [0.15, 0.2) is 0 Å². The van der Waals surface area contributed by atoms with Crippen LogP contribution in [-0.2, 0) is 10.0 Å². The molecule has 0 aliphatic carbocycles. The first-order chi connectivity index (χ1) is 9.35. The molecule has 20 heavy (non-hydrogen) atoms. The topological polar surface area (TPSA) is 66.1 Å². The van der Waals surface area contributed by atoms with Gasteiger partial charge in [0.1, 0.15) is 4.90 Å². The number of hydrogen-bond donors (Lipinski definition) is 1. The van der Waals surface area contributed by atoms with Gasteiger partial charge in [-0.3, -0.25) is 5.10 Å². The Balaban J connectivity index is 2.39. The van der Waals surface area contributed by atoms with Crippen molar-refractivity contribution < 1.29 is 8.42 Å². The maximum atomic E-state index is 12.6. The lowest BCUT2D eigenvalue weighted by atomic mass is 10.1. The fourth-order valence-electron chi connectivity index (χ4n) is 1.97. The highest BCUT2D eigenvalue weighted by molar-refractivity contribution is 7.89. The van der Waals surface area contributed by atoms with E-state index in [2.05, 4.69) is 10.2 Å².